The van der Waals surface area contributed by atoms with Crippen LogP contribution in [-0.2, 0) is 9.47 Å². The third kappa shape index (κ3) is 3.48. The fourth-order valence-corrected chi connectivity index (χ4v) is 3.73. The highest BCUT2D eigenvalue weighted by Crippen LogP contribution is 2.38. The number of ether oxygens (including phenoxy) is 2. The molecule has 2 rings (SSSR count). The van der Waals surface area contributed by atoms with Crippen LogP contribution >= 0.6 is 0 Å². The van der Waals surface area contributed by atoms with Gasteiger partial charge in [0.25, 0.3) is 0 Å². The fraction of sp³-hybridized carbons (Fsp3) is 1.00. The summed E-state index contributed by atoms with van der Waals surface area (Å²) in [7, 11) is 2.08. The fourth-order valence-electron chi connectivity index (χ4n) is 3.73. The van der Waals surface area contributed by atoms with E-state index >= 15 is 0 Å². The number of rotatable bonds is 7. The Labute approximate surface area is 117 Å². The number of likely N-dealkylation sites (N-methyl/N-ethyl adjacent to an activating group) is 1. The van der Waals surface area contributed by atoms with Gasteiger partial charge < -0.3 is 14.8 Å². The number of nitrogens with zero attached hydrogens (tertiary/aromatic N) is 1. The van der Waals surface area contributed by atoms with Crippen LogP contribution in [0.1, 0.15) is 39.0 Å². The first-order valence-corrected chi connectivity index (χ1v) is 7.91. The molecular formula is C15H30N2O2. The van der Waals surface area contributed by atoms with Crippen molar-refractivity contribution >= 4 is 0 Å². The van der Waals surface area contributed by atoms with Crippen molar-refractivity contribution in [3.05, 3.63) is 0 Å². The van der Waals surface area contributed by atoms with E-state index in [0.29, 0.717) is 11.6 Å². The van der Waals surface area contributed by atoms with Crippen molar-refractivity contribution in [1.82, 2.24) is 10.2 Å². The zero-order valence-electron chi connectivity index (χ0n) is 12.6. The van der Waals surface area contributed by atoms with Crippen molar-refractivity contribution in [2.24, 2.45) is 0 Å². The van der Waals surface area contributed by atoms with Gasteiger partial charge >= 0.3 is 0 Å². The van der Waals surface area contributed by atoms with Crippen LogP contribution in [0, 0.1) is 0 Å². The van der Waals surface area contributed by atoms with Gasteiger partial charge in [-0.2, -0.15) is 0 Å². The van der Waals surface area contributed by atoms with E-state index in [2.05, 4.69) is 24.2 Å². The van der Waals surface area contributed by atoms with Crippen molar-refractivity contribution in [3.8, 4) is 0 Å². The first-order valence-electron chi connectivity index (χ1n) is 7.91. The highest BCUT2D eigenvalue weighted by molar-refractivity contribution is 5.03. The van der Waals surface area contributed by atoms with Gasteiger partial charge in [0.15, 0.2) is 0 Å². The average Bonchev–Trinajstić information content (AvgIpc) is 2.95. The van der Waals surface area contributed by atoms with Crippen LogP contribution in [0.5, 0.6) is 0 Å². The molecule has 19 heavy (non-hydrogen) atoms. The van der Waals surface area contributed by atoms with E-state index in [1.54, 1.807) is 0 Å². The molecule has 0 amide bonds. The molecule has 0 bridgehead atoms. The normalized spacial score (nSPS) is 25.6. The van der Waals surface area contributed by atoms with Crippen molar-refractivity contribution in [2.45, 2.75) is 50.6 Å². The smallest absolute Gasteiger partial charge is 0.0637 e. The third-order valence-electron chi connectivity index (χ3n) is 4.74. The first-order chi connectivity index (χ1) is 9.33. The molecule has 1 unspecified atom stereocenters. The van der Waals surface area contributed by atoms with E-state index in [1.807, 2.05) is 0 Å². The Kier molecular flexibility index (Phi) is 6.07. The predicted molar refractivity (Wildman–Crippen MR) is 77.5 cm³/mol. The minimum absolute atomic E-state index is 0.298. The van der Waals surface area contributed by atoms with Crippen molar-refractivity contribution in [3.63, 3.8) is 0 Å². The van der Waals surface area contributed by atoms with E-state index in [0.717, 1.165) is 45.9 Å². The lowest BCUT2D eigenvalue weighted by Gasteiger charge is -2.48. The second-order valence-corrected chi connectivity index (χ2v) is 5.83. The van der Waals surface area contributed by atoms with Crippen LogP contribution in [0.4, 0.5) is 0 Å². The van der Waals surface area contributed by atoms with E-state index in [9.17, 15) is 0 Å². The molecule has 4 nitrogen and oxygen atoms in total. The van der Waals surface area contributed by atoms with E-state index < -0.39 is 0 Å². The molecule has 0 aromatic carbocycles. The van der Waals surface area contributed by atoms with E-state index in [1.165, 1.54) is 25.7 Å². The third-order valence-corrected chi connectivity index (χ3v) is 4.74. The summed E-state index contributed by atoms with van der Waals surface area (Å²) in [5.74, 6) is 0. The maximum absolute atomic E-state index is 5.84. The standard InChI is InChI=1S/C15H30N2O2/c1-3-10-19-13-14(16-2)15(6-4-5-7-15)17-8-11-18-12-9-17/h14,16H,3-13H2,1-2H3. The van der Waals surface area contributed by atoms with Crippen LogP contribution < -0.4 is 5.32 Å². The minimum atomic E-state index is 0.298. The summed E-state index contributed by atoms with van der Waals surface area (Å²) < 4.78 is 11.4. The number of nitrogens with one attached hydrogen (secondary N) is 1. The SMILES string of the molecule is CCCOCC(NC)C1(N2CCOCC2)CCCC1. The molecular weight excluding hydrogens is 240 g/mol. The molecule has 1 aliphatic carbocycles. The molecule has 1 heterocycles. The van der Waals surface area contributed by atoms with Gasteiger partial charge in [0.05, 0.1) is 19.8 Å². The molecule has 0 aromatic rings. The number of morpholine rings is 1. The lowest BCUT2D eigenvalue weighted by molar-refractivity contribution is -0.0488. The molecule has 0 aromatic heterocycles. The summed E-state index contributed by atoms with van der Waals surface area (Å²) in [5, 5.41) is 3.53. The van der Waals surface area contributed by atoms with Gasteiger partial charge in [0, 0.05) is 31.3 Å². The summed E-state index contributed by atoms with van der Waals surface area (Å²) >= 11 is 0. The summed E-state index contributed by atoms with van der Waals surface area (Å²) in [6.07, 6.45) is 6.40. The molecule has 1 saturated carbocycles. The van der Waals surface area contributed by atoms with Crippen molar-refractivity contribution in [2.75, 3.05) is 46.6 Å². The zero-order chi connectivity index (χ0) is 13.6. The first kappa shape index (κ1) is 15.2. The maximum atomic E-state index is 5.84. The molecule has 0 radical (unpaired) electrons. The highest BCUT2D eigenvalue weighted by atomic mass is 16.5. The summed E-state index contributed by atoms with van der Waals surface area (Å²) in [6, 6.07) is 0.444. The number of hydrogen-bond donors (Lipinski definition) is 1. The molecule has 1 aliphatic heterocycles. The van der Waals surface area contributed by atoms with Crippen LogP contribution in [0.3, 0.4) is 0 Å². The van der Waals surface area contributed by atoms with Crippen LogP contribution in [0.15, 0.2) is 0 Å². The van der Waals surface area contributed by atoms with Crippen LogP contribution in [0.2, 0.25) is 0 Å². The van der Waals surface area contributed by atoms with E-state index in [4.69, 9.17) is 9.47 Å². The minimum Gasteiger partial charge on any atom is -0.380 e. The highest BCUT2D eigenvalue weighted by Gasteiger charge is 2.45. The summed E-state index contributed by atoms with van der Waals surface area (Å²) in [5.41, 5.74) is 0.298. The van der Waals surface area contributed by atoms with E-state index in [-0.39, 0.29) is 0 Å². The molecule has 2 aliphatic rings. The largest absolute Gasteiger partial charge is 0.380 e. The summed E-state index contributed by atoms with van der Waals surface area (Å²) in [6.45, 7) is 7.79. The molecule has 0 spiro atoms. The Morgan fingerprint density at radius 1 is 1.26 bits per heavy atom. The topological polar surface area (TPSA) is 33.7 Å². The lowest BCUT2D eigenvalue weighted by atomic mass is 9.86. The molecule has 1 atom stereocenters. The Morgan fingerprint density at radius 2 is 1.95 bits per heavy atom. The van der Waals surface area contributed by atoms with Gasteiger partial charge in [-0.05, 0) is 26.3 Å². The average molecular weight is 270 g/mol. The van der Waals surface area contributed by atoms with Gasteiger partial charge in [-0.15, -0.1) is 0 Å². The Hall–Kier alpha value is -0.160. The summed E-state index contributed by atoms with van der Waals surface area (Å²) in [4.78, 5) is 2.67. The van der Waals surface area contributed by atoms with Gasteiger partial charge in [0.1, 0.15) is 0 Å². The monoisotopic (exact) mass is 270 g/mol. The predicted octanol–water partition coefficient (Wildman–Crippen LogP) is 1.65. The second kappa shape index (κ2) is 7.58. The lowest BCUT2D eigenvalue weighted by Crippen LogP contribution is -2.63. The molecule has 112 valence electrons. The van der Waals surface area contributed by atoms with Crippen molar-refractivity contribution < 1.29 is 9.47 Å². The Balaban J connectivity index is 2.02. The van der Waals surface area contributed by atoms with Gasteiger partial charge in [-0.1, -0.05) is 19.8 Å². The molecule has 2 fully saturated rings. The van der Waals surface area contributed by atoms with Gasteiger partial charge in [0.2, 0.25) is 0 Å². The zero-order valence-corrected chi connectivity index (χ0v) is 12.6. The quantitative estimate of drug-likeness (QED) is 0.713. The second-order valence-electron chi connectivity index (χ2n) is 5.83. The van der Waals surface area contributed by atoms with Crippen molar-refractivity contribution in [1.29, 1.82) is 0 Å². The number of hydrogen-bond acceptors (Lipinski definition) is 4. The van der Waals surface area contributed by atoms with Crippen LogP contribution in [-0.4, -0.2) is 63.0 Å². The molecule has 1 N–H and O–H groups in total. The molecule has 4 heteroatoms. The van der Waals surface area contributed by atoms with Gasteiger partial charge in [-0.3, -0.25) is 4.90 Å². The van der Waals surface area contributed by atoms with Gasteiger partial charge in [-0.25, -0.2) is 0 Å². The molecule has 1 saturated heterocycles. The Morgan fingerprint density at radius 3 is 2.53 bits per heavy atom. The van der Waals surface area contributed by atoms with Crippen LogP contribution in [0.25, 0.3) is 0 Å². The Bertz CT molecular complexity index is 249. The maximum Gasteiger partial charge on any atom is 0.0637 e.